The lowest BCUT2D eigenvalue weighted by Crippen LogP contribution is -2.04. The monoisotopic (exact) mass is 243 g/mol. The Labute approximate surface area is 94.5 Å². The topological polar surface area (TPSA) is 46.3 Å². The predicted octanol–water partition coefficient (Wildman–Crippen LogP) is 2.85. The number of aliphatic hydroxyl groups is 1. The van der Waals surface area contributed by atoms with Crippen molar-refractivity contribution in [1.29, 1.82) is 0 Å². The van der Waals surface area contributed by atoms with Gasteiger partial charge < -0.3 is 9.63 Å². The van der Waals surface area contributed by atoms with Crippen LogP contribution in [0.15, 0.2) is 35.1 Å². The fourth-order valence-electron chi connectivity index (χ4n) is 1.42. The SMILES string of the molecule is OCc1conc1-c1ccc(C(F)(F)F)cc1. The molecule has 0 unspecified atom stereocenters. The highest BCUT2D eigenvalue weighted by Crippen LogP contribution is 2.31. The molecular weight excluding hydrogens is 235 g/mol. The third-order valence-electron chi connectivity index (χ3n) is 2.30. The minimum atomic E-state index is -4.36. The van der Waals surface area contributed by atoms with E-state index >= 15 is 0 Å². The Morgan fingerprint density at radius 3 is 2.35 bits per heavy atom. The van der Waals surface area contributed by atoms with Crippen LogP contribution in [0.4, 0.5) is 13.2 Å². The minimum absolute atomic E-state index is 0.278. The number of benzene rings is 1. The largest absolute Gasteiger partial charge is 0.416 e. The fraction of sp³-hybridized carbons (Fsp3) is 0.182. The fourth-order valence-corrected chi connectivity index (χ4v) is 1.42. The van der Waals surface area contributed by atoms with Gasteiger partial charge in [-0.05, 0) is 12.1 Å². The molecule has 0 amide bonds. The molecule has 3 nitrogen and oxygen atoms in total. The lowest BCUT2D eigenvalue weighted by atomic mass is 10.1. The summed E-state index contributed by atoms with van der Waals surface area (Å²) in [7, 11) is 0. The minimum Gasteiger partial charge on any atom is -0.391 e. The van der Waals surface area contributed by atoms with E-state index in [1.807, 2.05) is 0 Å². The van der Waals surface area contributed by atoms with Crippen LogP contribution in [-0.2, 0) is 12.8 Å². The molecule has 0 bridgehead atoms. The first-order valence-corrected chi connectivity index (χ1v) is 4.74. The average molecular weight is 243 g/mol. The van der Waals surface area contributed by atoms with E-state index in [1.165, 1.54) is 18.4 Å². The van der Waals surface area contributed by atoms with Crippen molar-refractivity contribution in [1.82, 2.24) is 5.16 Å². The number of aliphatic hydroxyl groups excluding tert-OH is 1. The number of aromatic nitrogens is 1. The smallest absolute Gasteiger partial charge is 0.391 e. The molecule has 0 aliphatic rings. The van der Waals surface area contributed by atoms with Gasteiger partial charge in [0, 0.05) is 11.1 Å². The van der Waals surface area contributed by atoms with Crippen molar-refractivity contribution in [2.24, 2.45) is 0 Å². The highest BCUT2D eigenvalue weighted by Gasteiger charge is 2.30. The molecule has 0 radical (unpaired) electrons. The summed E-state index contributed by atoms with van der Waals surface area (Å²) in [6.07, 6.45) is -3.10. The Kier molecular flexibility index (Phi) is 2.89. The van der Waals surface area contributed by atoms with Crippen LogP contribution in [0.1, 0.15) is 11.1 Å². The second kappa shape index (κ2) is 4.21. The summed E-state index contributed by atoms with van der Waals surface area (Å²) >= 11 is 0. The molecule has 2 rings (SSSR count). The summed E-state index contributed by atoms with van der Waals surface area (Å²) in [6, 6.07) is 4.51. The summed E-state index contributed by atoms with van der Waals surface area (Å²) in [5.41, 5.74) is 0.525. The summed E-state index contributed by atoms with van der Waals surface area (Å²) in [4.78, 5) is 0. The molecular formula is C11H8F3NO2. The van der Waals surface area contributed by atoms with Gasteiger partial charge >= 0.3 is 6.18 Å². The van der Waals surface area contributed by atoms with Gasteiger partial charge in [-0.3, -0.25) is 0 Å². The second-order valence-corrected chi connectivity index (χ2v) is 3.42. The van der Waals surface area contributed by atoms with Crippen molar-refractivity contribution < 1.29 is 22.8 Å². The van der Waals surface area contributed by atoms with Crippen LogP contribution in [0.2, 0.25) is 0 Å². The Balaban J connectivity index is 2.36. The molecule has 1 aromatic carbocycles. The quantitative estimate of drug-likeness (QED) is 0.882. The Morgan fingerprint density at radius 2 is 1.82 bits per heavy atom. The number of rotatable bonds is 2. The molecule has 2 aromatic rings. The van der Waals surface area contributed by atoms with Gasteiger partial charge in [0.25, 0.3) is 0 Å². The summed E-state index contributed by atoms with van der Waals surface area (Å²) in [6.45, 7) is -0.278. The number of hydrogen-bond acceptors (Lipinski definition) is 3. The summed E-state index contributed by atoms with van der Waals surface area (Å²) in [5, 5.41) is 12.6. The van der Waals surface area contributed by atoms with Gasteiger partial charge in [0.1, 0.15) is 12.0 Å². The van der Waals surface area contributed by atoms with Gasteiger partial charge in [0.05, 0.1) is 12.2 Å². The van der Waals surface area contributed by atoms with E-state index in [0.717, 1.165) is 12.1 Å². The van der Waals surface area contributed by atoms with Crippen molar-refractivity contribution in [3.8, 4) is 11.3 Å². The lowest BCUT2D eigenvalue weighted by molar-refractivity contribution is -0.137. The first-order chi connectivity index (χ1) is 8.02. The van der Waals surface area contributed by atoms with E-state index in [1.54, 1.807) is 0 Å². The molecule has 0 saturated carbocycles. The Morgan fingerprint density at radius 1 is 1.18 bits per heavy atom. The summed E-state index contributed by atoms with van der Waals surface area (Å²) < 4.78 is 41.7. The average Bonchev–Trinajstić information content (AvgIpc) is 2.76. The Hall–Kier alpha value is -1.82. The normalized spacial score (nSPS) is 11.8. The number of halogens is 3. The molecule has 0 aliphatic carbocycles. The zero-order valence-electron chi connectivity index (χ0n) is 8.53. The molecule has 0 atom stereocenters. The van der Waals surface area contributed by atoms with Crippen LogP contribution in [0.3, 0.4) is 0 Å². The zero-order chi connectivity index (χ0) is 12.5. The van der Waals surface area contributed by atoms with Crippen molar-refractivity contribution in [3.05, 3.63) is 41.7 Å². The van der Waals surface area contributed by atoms with Gasteiger partial charge in [0.2, 0.25) is 0 Å². The number of alkyl halides is 3. The van der Waals surface area contributed by atoms with Gasteiger partial charge in [0.15, 0.2) is 0 Å². The van der Waals surface area contributed by atoms with Crippen molar-refractivity contribution in [2.75, 3.05) is 0 Å². The van der Waals surface area contributed by atoms with Crippen LogP contribution in [0.25, 0.3) is 11.3 Å². The lowest BCUT2D eigenvalue weighted by Gasteiger charge is -2.06. The van der Waals surface area contributed by atoms with Crippen LogP contribution in [0, 0.1) is 0 Å². The van der Waals surface area contributed by atoms with E-state index < -0.39 is 11.7 Å². The summed E-state index contributed by atoms with van der Waals surface area (Å²) in [5.74, 6) is 0. The first-order valence-electron chi connectivity index (χ1n) is 4.74. The molecule has 1 heterocycles. The van der Waals surface area contributed by atoms with Gasteiger partial charge in [-0.25, -0.2) is 0 Å². The first kappa shape index (κ1) is 11.7. The second-order valence-electron chi connectivity index (χ2n) is 3.42. The maximum Gasteiger partial charge on any atom is 0.416 e. The van der Waals surface area contributed by atoms with E-state index in [2.05, 4.69) is 9.68 Å². The maximum atomic E-state index is 12.3. The highest BCUT2D eigenvalue weighted by atomic mass is 19.4. The van der Waals surface area contributed by atoms with Gasteiger partial charge in [-0.2, -0.15) is 13.2 Å². The van der Waals surface area contributed by atoms with E-state index in [0.29, 0.717) is 16.8 Å². The van der Waals surface area contributed by atoms with Crippen molar-refractivity contribution in [2.45, 2.75) is 12.8 Å². The van der Waals surface area contributed by atoms with Crippen molar-refractivity contribution >= 4 is 0 Å². The Bertz CT molecular complexity index is 502. The molecule has 1 N–H and O–H groups in total. The van der Waals surface area contributed by atoms with Crippen LogP contribution in [0.5, 0.6) is 0 Å². The van der Waals surface area contributed by atoms with Crippen LogP contribution in [-0.4, -0.2) is 10.3 Å². The molecule has 0 spiro atoms. The third-order valence-corrected chi connectivity index (χ3v) is 2.30. The standard InChI is InChI=1S/C11H8F3NO2/c12-11(13,14)9-3-1-7(2-4-9)10-8(5-16)6-17-15-10/h1-4,6,16H,5H2. The molecule has 0 aliphatic heterocycles. The molecule has 1 aromatic heterocycles. The third kappa shape index (κ3) is 2.31. The predicted molar refractivity (Wildman–Crippen MR) is 52.9 cm³/mol. The number of nitrogens with zero attached hydrogens (tertiary/aromatic N) is 1. The highest BCUT2D eigenvalue weighted by molar-refractivity contribution is 5.62. The van der Waals surface area contributed by atoms with Gasteiger partial charge in [-0.15, -0.1) is 0 Å². The van der Waals surface area contributed by atoms with Crippen LogP contribution >= 0.6 is 0 Å². The molecule has 17 heavy (non-hydrogen) atoms. The molecule has 0 fully saturated rings. The molecule has 6 heteroatoms. The zero-order valence-corrected chi connectivity index (χ0v) is 8.53. The number of hydrogen-bond donors (Lipinski definition) is 1. The van der Waals surface area contributed by atoms with E-state index in [-0.39, 0.29) is 6.61 Å². The molecule has 90 valence electrons. The van der Waals surface area contributed by atoms with E-state index in [9.17, 15) is 13.2 Å². The van der Waals surface area contributed by atoms with Crippen LogP contribution < -0.4 is 0 Å². The van der Waals surface area contributed by atoms with Gasteiger partial charge in [-0.1, -0.05) is 17.3 Å². The van der Waals surface area contributed by atoms with Crippen molar-refractivity contribution in [3.63, 3.8) is 0 Å². The van der Waals surface area contributed by atoms with E-state index in [4.69, 9.17) is 5.11 Å². The maximum absolute atomic E-state index is 12.3. The molecule has 0 saturated heterocycles.